The van der Waals surface area contributed by atoms with Gasteiger partial charge in [0.05, 0.1) is 12.6 Å². The van der Waals surface area contributed by atoms with Crippen molar-refractivity contribution in [3.05, 3.63) is 0 Å². The van der Waals surface area contributed by atoms with E-state index in [4.69, 9.17) is 5.73 Å². The molecule has 0 bridgehead atoms. The molecular weight excluding hydrogens is 222 g/mol. The SMILES string of the molecule is CC(N)C(=O)NCC(F)(F)Br. The number of halogens is 3. The summed E-state index contributed by atoms with van der Waals surface area (Å²) in [5, 5.41) is 1.96. The van der Waals surface area contributed by atoms with Gasteiger partial charge in [0.2, 0.25) is 5.91 Å². The maximum atomic E-state index is 12.0. The van der Waals surface area contributed by atoms with Crippen molar-refractivity contribution in [3.63, 3.8) is 0 Å². The summed E-state index contributed by atoms with van der Waals surface area (Å²) in [4.78, 5) is 7.54. The average molecular weight is 231 g/mol. The predicted octanol–water partition coefficient (Wildman–Crippen LogP) is 0.438. The van der Waals surface area contributed by atoms with Crippen LogP contribution in [-0.2, 0) is 4.79 Å². The molecule has 1 atom stereocenters. The third-order valence-corrected chi connectivity index (χ3v) is 1.16. The summed E-state index contributed by atoms with van der Waals surface area (Å²) in [6, 6.07) is -0.759. The van der Waals surface area contributed by atoms with E-state index < -0.39 is 23.3 Å². The van der Waals surface area contributed by atoms with E-state index in [1.165, 1.54) is 6.92 Å². The Labute approximate surface area is 71.4 Å². The Balaban J connectivity index is 3.64. The molecule has 0 fully saturated rings. The molecule has 3 nitrogen and oxygen atoms in total. The van der Waals surface area contributed by atoms with Crippen LogP contribution < -0.4 is 11.1 Å². The first kappa shape index (κ1) is 10.8. The van der Waals surface area contributed by atoms with E-state index in [2.05, 4.69) is 15.9 Å². The van der Waals surface area contributed by atoms with Gasteiger partial charge >= 0.3 is 4.83 Å². The number of rotatable bonds is 3. The summed E-state index contributed by atoms with van der Waals surface area (Å²) >= 11 is 2.07. The Morgan fingerprint density at radius 2 is 2.27 bits per heavy atom. The van der Waals surface area contributed by atoms with Gasteiger partial charge in [0.15, 0.2) is 0 Å². The summed E-state index contributed by atoms with van der Waals surface area (Å²) in [7, 11) is 0. The van der Waals surface area contributed by atoms with Crippen molar-refractivity contribution in [1.82, 2.24) is 5.32 Å². The normalized spacial score (nSPS) is 14.3. The molecule has 3 N–H and O–H groups in total. The van der Waals surface area contributed by atoms with Crippen molar-refractivity contribution < 1.29 is 13.6 Å². The number of alkyl halides is 3. The molecule has 6 heteroatoms. The first-order valence-electron chi connectivity index (χ1n) is 2.93. The third-order valence-electron chi connectivity index (χ3n) is 0.877. The topological polar surface area (TPSA) is 55.1 Å². The molecule has 0 saturated heterocycles. The fourth-order valence-electron chi connectivity index (χ4n) is 0.348. The molecule has 0 radical (unpaired) electrons. The van der Waals surface area contributed by atoms with Crippen LogP contribution in [0.25, 0.3) is 0 Å². The molecule has 0 aliphatic rings. The van der Waals surface area contributed by atoms with Gasteiger partial charge in [-0.25, -0.2) is 0 Å². The van der Waals surface area contributed by atoms with Crippen LogP contribution in [0.4, 0.5) is 8.78 Å². The molecule has 1 amide bonds. The molecule has 0 heterocycles. The van der Waals surface area contributed by atoms with Gasteiger partial charge in [0.25, 0.3) is 0 Å². The fraction of sp³-hybridized carbons (Fsp3) is 0.800. The summed E-state index contributed by atoms with van der Waals surface area (Å²) in [6.45, 7) is 0.676. The Morgan fingerprint density at radius 3 is 2.55 bits per heavy atom. The molecule has 0 spiro atoms. The minimum Gasteiger partial charge on any atom is -0.348 e. The van der Waals surface area contributed by atoms with Crippen LogP contribution in [0.2, 0.25) is 0 Å². The summed E-state index contributed by atoms with van der Waals surface area (Å²) < 4.78 is 24.0. The second-order valence-electron chi connectivity index (χ2n) is 2.12. The number of hydrogen-bond acceptors (Lipinski definition) is 2. The van der Waals surface area contributed by atoms with Crippen LogP contribution in [0, 0.1) is 0 Å². The van der Waals surface area contributed by atoms with Gasteiger partial charge in [-0.3, -0.25) is 4.79 Å². The number of nitrogens with two attached hydrogens (primary N) is 1. The molecule has 0 aromatic rings. The largest absolute Gasteiger partial charge is 0.348 e. The highest BCUT2D eigenvalue weighted by Gasteiger charge is 2.24. The Kier molecular flexibility index (Phi) is 3.88. The molecular formula is C5H9BrF2N2O. The first-order chi connectivity index (χ1) is 4.83. The average Bonchev–Trinajstić information content (AvgIpc) is 1.80. The van der Waals surface area contributed by atoms with Crippen LogP contribution in [0.15, 0.2) is 0 Å². The molecule has 0 aliphatic heterocycles. The lowest BCUT2D eigenvalue weighted by Crippen LogP contribution is -2.42. The van der Waals surface area contributed by atoms with Crippen molar-refractivity contribution >= 4 is 21.8 Å². The number of hydrogen-bond donors (Lipinski definition) is 2. The number of nitrogens with one attached hydrogen (secondary N) is 1. The number of carbonyl (C=O) groups excluding carboxylic acids is 1. The van der Waals surface area contributed by atoms with Crippen molar-refractivity contribution in [2.24, 2.45) is 5.73 Å². The maximum Gasteiger partial charge on any atom is 0.318 e. The Bertz CT molecular complexity index is 146. The molecule has 1 unspecified atom stereocenters. The van der Waals surface area contributed by atoms with Crippen molar-refractivity contribution in [1.29, 1.82) is 0 Å². The van der Waals surface area contributed by atoms with E-state index in [0.717, 1.165) is 0 Å². The highest BCUT2D eigenvalue weighted by molar-refractivity contribution is 9.10. The Hall–Kier alpha value is -0.230. The van der Waals surface area contributed by atoms with Crippen LogP contribution in [0.3, 0.4) is 0 Å². The summed E-state index contributed by atoms with van der Waals surface area (Å²) in [5.41, 5.74) is 5.09. The smallest absolute Gasteiger partial charge is 0.318 e. The number of carbonyl (C=O) groups is 1. The van der Waals surface area contributed by atoms with Gasteiger partial charge in [-0.1, -0.05) is 0 Å². The van der Waals surface area contributed by atoms with Gasteiger partial charge in [-0.05, 0) is 22.9 Å². The molecule has 0 aromatic heterocycles. The minimum absolute atomic E-state index is 0.593. The van der Waals surface area contributed by atoms with E-state index in [1.54, 1.807) is 0 Å². The summed E-state index contributed by atoms with van der Waals surface area (Å²) in [6.07, 6.45) is 0. The lowest BCUT2D eigenvalue weighted by Gasteiger charge is -2.10. The zero-order valence-electron chi connectivity index (χ0n) is 5.90. The van der Waals surface area contributed by atoms with Crippen LogP contribution in [0.5, 0.6) is 0 Å². The lowest BCUT2D eigenvalue weighted by atomic mass is 10.3. The van der Waals surface area contributed by atoms with Gasteiger partial charge in [-0.2, -0.15) is 8.78 Å². The van der Waals surface area contributed by atoms with E-state index in [9.17, 15) is 13.6 Å². The van der Waals surface area contributed by atoms with Crippen LogP contribution in [-0.4, -0.2) is 23.3 Å². The third kappa shape index (κ3) is 6.18. The second-order valence-corrected chi connectivity index (χ2v) is 3.28. The van der Waals surface area contributed by atoms with E-state index >= 15 is 0 Å². The van der Waals surface area contributed by atoms with Crippen LogP contribution >= 0.6 is 15.9 Å². The minimum atomic E-state index is -3.06. The highest BCUT2D eigenvalue weighted by atomic mass is 79.9. The quantitative estimate of drug-likeness (QED) is 0.692. The van der Waals surface area contributed by atoms with Crippen LogP contribution in [0.1, 0.15) is 6.92 Å². The molecule has 0 saturated carbocycles. The molecule has 0 aliphatic carbocycles. The fourth-order valence-corrected chi connectivity index (χ4v) is 0.489. The van der Waals surface area contributed by atoms with Crippen molar-refractivity contribution in [2.75, 3.05) is 6.54 Å². The maximum absolute atomic E-state index is 12.0. The Morgan fingerprint density at radius 1 is 1.82 bits per heavy atom. The summed E-state index contributed by atoms with van der Waals surface area (Å²) in [5.74, 6) is -0.593. The second kappa shape index (κ2) is 3.96. The first-order valence-corrected chi connectivity index (χ1v) is 3.72. The van der Waals surface area contributed by atoms with Gasteiger partial charge in [0, 0.05) is 0 Å². The standard InChI is InChI=1S/C5H9BrF2N2O/c1-3(9)4(11)10-2-5(6,7)8/h3H,2,9H2,1H3,(H,10,11). The van der Waals surface area contributed by atoms with Gasteiger partial charge < -0.3 is 11.1 Å². The molecule has 0 rings (SSSR count). The van der Waals surface area contributed by atoms with E-state index in [1.807, 2.05) is 5.32 Å². The van der Waals surface area contributed by atoms with Gasteiger partial charge in [-0.15, -0.1) is 0 Å². The molecule has 66 valence electrons. The molecule has 0 aromatic carbocycles. The zero-order valence-corrected chi connectivity index (χ0v) is 7.49. The van der Waals surface area contributed by atoms with Crippen molar-refractivity contribution in [2.45, 2.75) is 17.8 Å². The van der Waals surface area contributed by atoms with E-state index in [-0.39, 0.29) is 0 Å². The lowest BCUT2D eigenvalue weighted by molar-refractivity contribution is -0.122. The monoisotopic (exact) mass is 230 g/mol. The predicted molar refractivity (Wildman–Crippen MR) is 40.5 cm³/mol. The number of amides is 1. The van der Waals surface area contributed by atoms with Crippen molar-refractivity contribution in [3.8, 4) is 0 Å². The zero-order chi connectivity index (χ0) is 9.07. The van der Waals surface area contributed by atoms with Gasteiger partial charge in [0.1, 0.15) is 0 Å². The van der Waals surface area contributed by atoms with E-state index in [0.29, 0.717) is 0 Å². The highest BCUT2D eigenvalue weighted by Crippen LogP contribution is 2.19. The molecule has 11 heavy (non-hydrogen) atoms.